The molecule has 0 fully saturated rings. The minimum absolute atomic E-state index is 0.736. The Morgan fingerprint density at radius 2 is 1.87 bits per heavy atom. The van der Waals surface area contributed by atoms with E-state index in [0.29, 0.717) is 0 Å². The predicted octanol–water partition coefficient (Wildman–Crippen LogP) is 1.28. The molecule has 5 heteroatoms. The average molecular weight is 201 g/mol. The highest BCUT2D eigenvalue weighted by Crippen LogP contribution is 2.16. The molecule has 0 spiro atoms. The van der Waals surface area contributed by atoms with E-state index in [1.54, 1.807) is 19.4 Å². The Kier molecular flexibility index (Phi) is 2.53. The molecular formula is C10H11N5. The molecule has 0 radical (unpaired) electrons. The zero-order chi connectivity index (χ0) is 10.7. The third-order valence-electron chi connectivity index (χ3n) is 2.04. The molecule has 2 rings (SSSR count). The predicted molar refractivity (Wildman–Crippen MR) is 57.3 cm³/mol. The molecule has 0 atom stereocenters. The van der Waals surface area contributed by atoms with Crippen LogP contribution in [-0.2, 0) is 0 Å². The lowest BCUT2D eigenvalue weighted by Crippen LogP contribution is -1.98. The van der Waals surface area contributed by atoms with E-state index in [1.165, 1.54) is 0 Å². The molecule has 0 aromatic carbocycles. The Hall–Kier alpha value is -2.04. The fraction of sp³-hybridized carbons (Fsp3) is 0.200. The van der Waals surface area contributed by atoms with E-state index in [1.807, 2.05) is 19.1 Å². The van der Waals surface area contributed by atoms with Crippen LogP contribution in [0.15, 0.2) is 24.5 Å². The quantitative estimate of drug-likeness (QED) is 0.793. The highest BCUT2D eigenvalue weighted by atomic mass is 15.2. The first-order valence-electron chi connectivity index (χ1n) is 4.60. The zero-order valence-corrected chi connectivity index (χ0v) is 8.60. The standard InChI is InChI=1S/C10H11N5/c1-7-10(13-6-5-12-7)8-3-4-9(11-2)15-14-8/h3-6H,1-2H3,(H,11,15). The molecule has 0 aliphatic rings. The van der Waals surface area contributed by atoms with Crippen molar-refractivity contribution in [2.24, 2.45) is 0 Å². The van der Waals surface area contributed by atoms with Gasteiger partial charge in [-0.3, -0.25) is 9.97 Å². The van der Waals surface area contributed by atoms with Crippen LogP contribution in [0.2, 0.25) is 0 Å². The number of aryl methyl sites for hydroxylation is 1. The Bertz CT molecular complexity index is 452. The van der Waals surface area contributed by atoms with E-state index in [0.717, 1.165) is 22.9 Å². The molecule has 0 amide bonds. The van der Waals surface area contributed by atoms with Gasteiger partial charge in [0.15, 0.2) is 0 Å². The summed E-state index contributed by atoms with van der Waals surface area (Å²) in [4.78, 5) is 8.37. The number of anilines is 1. The number of nitrogens with zero attached hydrogens (tertiary/aromatic N) is 4. The number of nitrogens with one attached hydrogen (secondary N) is 1. The Morgan fingerprint density at radius 3 is 2.47 bits per heavy atom. The van der Waals surface area contributed by atoms with Gasteiger partial charge in [0.1, 0.15) is 17.2 Å². The van der Waals surface area contributed by atoms with E-state index >= 15 is 0 Å². The van der Waals surface area contributed by atoms with Crippen LogP contribution < -0.4 is 5.32 Å². The summed E-state index contributed by atoms with van der Waals surface area (Å²) in [5.41, 5.74) is 2.36. The molecule has 1 N–H and O–H groups in total. The Morgan fingerprint density at radius 1 is 1.07 bits per heavy atom. The Labute approximate surface area is 87.6 Å². The van der Waals surface area contributed by atoms with Crippen LogP contribution >= 0.6 is 0 Å². The molecule has 2 heterocycles. The molecule has 2 aromatic rings. The second-order valence-corrected chi connectivity index (χ2v) is 3.04. The van der Waals surface area contributed by atoms with Crippen LogP contribution in [0.25, 0.3) is 11.4 Å². The highest BCUT2D eigenvalue weighted by molar-refractivity contribution is 5.56. The van der Waals surface area contributed by atoms with Crippen molar-refractivity contribution in [2.75, 3.05) is 12.4 Å². The summed E-state index contributed by atoms with van der Waals surface area (Å²) in [7, 11) is 1.80. The van der Waals surface area contributed by atoms with Crippen LogP contribution in [0.4, 0.5) is 5.82 Å². The van der Waals surface area contributed by atoms with Crippen LogP contribution in [0.5, 0.6) is 0 Å². The molecule has 0 saturated carbocycles. The van der Waals surface area contributed by atoms with Crippen molar-refractivity contribution >= 4 is 5.82 Å². The molecule has 5 nitrogen and oxygen atoms in total. The van der Waals surface area contributed by atoms with Gasteiger partial charge in [-0.05, 0) is 19.1 Å². The number of aromatic nitrogens is 4. The molecule has 0 aliphatic carbocycles. The van der Waals surface area contributed by atoms with Crippen molar-refractivity contribution < 1.29 is 0 Å². The lowest BCUT2D eigenvalue weighted by Gasteiger charge is -2.02. The van der Waals surface area contributed by atoms with Crippen molar-refractivity contribution in [2.45, 2.75) is 6.92 Å². The largest absolute Gasteiger partial charge is 0.372 e. The molecule has 15 heavy (non-hydrogen) atoms. The van der Waals surface area contributed by atoms with Gasteiger partial charge in [-0.25, -0.2) is 0 Å². The Balaban J connectivity index is 2.42. The second kappa shape index (κ2) is 4.00. The first kappa shape index (κ1) is 9.51. The zero-order valence-electron chi connectivity index (χ0n) is 8.60. The van der Waals surface area contributed by atoms with Gasteiger partial charge in [0.2, 0.25) is 0 Å². The summed E-state index contributed by atoms with van der Waals surface area (Å²) in [5, 5.41) is 11.0. The average Bonchev–Trinajstić information content (AvgIpc) is 2.30. The van der Waals surface area contributed by atoms with E-state index in [2.05, 4.69) is 25.5 Å². The maximum atomic E-state index is 4.22. The summed E-state index contributed by atoms with van der Waals surface area (Å²) in [6, 6.07) is 3.73. The number of hydrogen-bond acceptors (Lipinski definition) is 5. The highest BCUT2D eigenvalue weighted by Gasteiger charge is 2.05. The third-order valence-corrected chi connectivity index (χ3v) is 2.04. The summed E-state index contributed by atoms with van der Waals surface area (Å²) in [6.45, 7) is 1.90. The molecular weight excluding hydrogens is 190 g/mol. The second-order valence-electron chi connectivity index (χ2n) is 3.04. The topological polar surface area (TPSA) is 63.6 Å². The number of hydrogen-bond donors (Lipinski definition) is 1. The van der Waals surface area contributed by atoms with Crippen molar-refractivity contribution in [3.8, 4) is 11.4 Å². The fourth-order valence-electron chi connectivity index (χ4n) is 1.25. The van der Waals surface area contributed by atoms with E-state index in [-0.39, 0.29) is 0 Å². The molecule has 76 valence electrons. The van der Waals surface area contributed by atoms with Gasteiger partial charge < -0.3 is 5.32 Å². The van der Waals surface area contributed by atoms with E-state index < -0.39 is 0 Å². The maximum absolute atomic E-state index is 4.22. The van der Waals surface area contributed by atoms with Crippen molar-refractivity contribution in [3.63, 3.8) is 0 Å². The minimum atomic E-state index is 0.736. The summed E-state index contributed by atoms with van der Waals surface area (Å²) in [6.07, 6.45) is 3.31. The van der Waals surface area contributed by atoms with Gasteiger partial charge in [0.25, 0.3) is 0 Å². The van der Waals surface area contributed by atoms with Crippen molar-refractivity contribution in [1.82, 2.24) is 20.2 Å². The van der Waals surface area contributed by atoms with Gasteiger partial charge in [-0.15, -0.1) is 10.2 Å². The first-order chi connectivity index (χ1) is 7.31. The van der Waals surface area contributed by atoms with Gasteiger partial charge >= 0.3 is 0 Å². The first-order valence-corrected chi connectivity index (χ1v) is 4.60. The minimum Gasteiger partial charge on any atom is -0.372 e. The monoisotopic (exact) mass is 201 g/mol. The van der Waals surface area contributed by atoms with Crippen LogP contribution in [0, 0.1) is 6.92 Å². The van der Waals surface area contributed by atoms with Gasteiger partial charge in [0.05, 0.1) is 5.69 Å². The van der Waals surface area contributed by atoms with Gasteiger partial charge in [0, 0.05) is 19.4 Å². The molecule has 2 aromatic heterocycles. The smallest absolute Gasteiger partial charge is 0.148 e. The summed E-state index contributed by atoms with van der Waals surface area (Å²) < 4.78 is 0. The van der Waals surface area contributed by atoms with Gasteiger partial charge in [-0.2, -0.15) is 0 Å². The summed E-state index contributed by atoms with van der Waals surface area (Å²) in [5.74, 6) is 0.736. The fourth-order valence-corrected chi connectivity index (χ4v) is 1.25. The van der Waals surface area contributed by atoms with E-state index in [4.69, 9.17) is 0 Å². The maximum Gasteiger partial charge on any atom is 0.148 e. The van der Waals surface area contributed by atoms with Crippen LogP contribution in [0.3, 0.4) is 0 Å². The van der Waals surface area contributed by atoms with Crippen LogP contribution in [-0.4, -0.2) is 27.2 Å². The summed E-state index contributed by atoms with van der Waals surface area (Å²) >= 11 is 0. The normalized spacial score (nSPS) is 10.0. The van der Waals surface area contributed by atoms with Crippen LogP contribution in [0.1, 0.15) is 5.69 Å². The molecule has 0 unspecified atom stereocenters. The molecule has 0 saturated heterocycles. The van der Waals surface area contributed by atoms with E-state index in [9.17, 15) is 0 Å². The number of rotatable bonds is 2. The lowest BCUT2D eigenvalue weighted by atomic mass is 10.2. The van der Waals surface area contributed by atoms with Gasteiger partial charge in [-0.1, -0.05) is 0 Å². The van der Waals surface area contributed by atoms with Crippen molar-refractivity contribution in [3.05, 3.63) is 30.2 Å². The molecule has 0 bridgehead atoms. The SMILES string of the molecule is CNc1ccc(-c2nccnc2C)nn1. The van der Waals surface area contributed by atoms with Crippen molar-refractivity contribution in [1.29, 1.82) is 0 Å². The third kappa shape index (κ3) is 1.90. The lowest BCUT2D eigenvalue weighted by molar-refractivity contribution is 1.01. The molecule has 0 aliphatic heterocycles.